The van der Waals surface area contributed by atoms with Crippen LogP contribution in [-0.4, -0.2) is 14.8 Å². The second kappa shape index (κ2) is 4.27. The van der Waals surface area contributed by atoms with E-state index in [1.165, 1.54) is 5.39 Å². The van der Waals surface area contributed by atoms with Crippen LogP contribution >= 0.6 is 0 Å². The lowest BCUT2D eigenvalue weighted by Crippen LogP contribution is -1.99. The van der Waals surface area contributed by atoms with E-state index in [4.69, 9.17) is 10.2 Å². The average molecular weight is 242 g/mol. The van der Waals surface area contributed by atoms with Crippen molar-refractivity contribution in [2.24, 2.45) is 5.73 Å². The fourth-order valence-corrected chi connectivity index (χ4v) is 2.16. The number of fused-ring (bicyclic) bond motifs is 1. The SMILES string of the molecule is Cc1nnc(Cn2cc(CN)c3ccccc32)o1. The standard InChI is InChI=1S/C13H14N4O/c1-9-15-16-13(18-9)8-17-7-10(6-14)11-4-2-3-5-12(11)17/h2-5,7H,6,8,14H2,1H3. The van der Waals surface area contributed by atoms with Crippen molar-refractivity contribution in [3.05, 3.63) is 47.8 Å². The van der Waals surface area contributed by atoms with E-state index in [2.05, 4.69) is 26.9 Å². The van der Waals surface area contributed by atoms with E-state index in [1.54, 1.807) is 6.92 Å². The highest BCUT2D eigenvalue weighted by Crippen LogP contribution is 2.21. The topological polar surface area (TPSA) is 69.9 Å². The monoisotopic (exact) mass is 242 g/mol. The molecule has 0 aliphatic carbocycles. The molecule has 0 fully saturated rings. The maximum Gasteiger partial charge on any atom is 0.236 e. The van der Waals surface area contributed by atoms with Gasteiger partial charge in [0.1, 0.15) is 6.54 Å². The van der Waals surface area contributed by atoms with E-state index < -0.39 is 0 Å². The van der Waals surface area contributed by atoms with E-state index in [0.717, 1.165) is 11.1 Å². The van der Waals surface area contributed by atoms with Crippen LogP contribution in [-0.2, 0) is 13.1 Å². The highest BCUT2D eigenvalue weighted by molar-refractivity contribution is 5.83. The Bertz CT molecular complexity index is 683. The molecule has 0 saturated heterocycles. The number of para-hydroxylation sites is 1. The molecule has 0 radical (unpaired) electrons. The molecule has 5 nitrogen and oxygen atoms in total. The van der Waals surface area contributed by atoms with Crippen LogP contribution in [0.25, 0.3) is 10.9 Å². The third-order valence-electron chi connectivity index (χ3n) is 2.96. The molecule has 92 valence electrons. The van der Waals surface area contributed by atoms with Gasteiger partial charge in [0.15, 0.2) is 0 Å². The molecule has 2 aromatic heterocycles. The summed E-state index contributed by atoms with van der Waals surface area (Å²) in [6.45, 7) is 2.88. The highest BCUT2D eigenvalue weighted by atomic mass is 16.4. The normalized spacial score (nSPS) is 11.2. The molecule has 0 unspecified atom stereocenters. The molecule has 2 heterocycles. The van der Waals surface area contributed by atoms with Crippen molar-refractivity contribution in [2.45, 2.75) is 20.0 Å². The fourth-order valence-electron chi connectivity index (χ4n) is 2.16. The summed E-state index contributed by atoms with van der Waals surface area (Å²) < 4.78 is 7.49. The molecule has 3 aromatic rings. The van der Waals surface area contributed by atoms with Gasteiger partial charge in [-0.2, -0.15) is 0 Å². The van der Waals surface area contributed by atoms with Crippen LogP contribution in [0.4, 0.5) is 0 Å². The predicted octanol–water partition coefficient (Wildman–Crippen LogP) is 1.84. The van der Waals surface area contributed by atoms with Crippen molar-refractivity contribution >= 4 is 10.9 Å². The third-order valence-corrected chi connectivity index (χ3v) is 2.96. The van der Waals surface area contributed by atoms with E-state index in [-0.39, 0.29) is 0 Å². The van der Waals surface area contributed by atoms with Gasteiger partial charge in [-0.3, -0.25) is 0 Å². The molecule has 1 aromatic carbocycles. The maximum atomic E-state index is 5.76. The van der Waals surface area contributed by atoms with Crippen molar-refractivity contribution in [1.29, 1.82) is 0 Å². The Labute approximate surface area is 104 Å². The van der Waals surface area contributed by atoms with Gasteiger partial charge >= 0.3 is 0 Å². The number of hydrogen-bond donors (Lipinski definition) is 1. The van der Waals surface area contributed by atoms with Crippen LogP contribution < -0.4 is 5.73 Å². The first-order valence-corrected chi connectivity index (χ1v) is 5.83. The molecule has 18 heavy (non-hydrogen) atoms. The first-order valence-electron chi connectivity index (χ1n) is 5.83. The molecule has 0 aliphatic heterocycles. The van der Waals surface area contributed by atoms with E-state index in [0.29, 0.717) is 24.9 Å². The minimum atomic E-state index is 0.524. The number of benzene rings is 1. The van der Waals surface area contributed by atoms with Gasteiger partial charge < -0.3 is 14.7 Å². The molecule has 2 N–H and O–H groups in total. The first kappa shape index (κ1) is 11.0. The fraction of sp³-hybridized carbons (Fsp3) is 0.231. The zero-order chi connectivity index (χ0) is 12.5. The number of nitrogens with zero attached hydrogens (tertiary/aromatic N) is 3. The first-order chi connectivity index (χ1) is 8.78. The minimum absolute atomic E-state index is 0.524. The van der Waals surface area contributed by atoms with Crippen LogP contribution in [0, 0.1) is 6.92 Å². The van der Waals surface area contributed by atoms with Gasteiger partial charge in [-0.15, -0.1) is 10.2 Å². The van der Waals surface area contributed by atoms with Gasteiger partial charge in [0.05, 0.1) is 0 Å². The van der Waals surface area contributed by atoms with Crippen LogP contribution in [0.3, 0.4) is 0 Å². The number of rotatable bonds is 3. The molecule has 0 amide bonds. The average Bonchev–Trinajstić information content (AvgIpc) is 2.95. The van der Waals surface area contributed by atoms with Gasteiger partial charge in [-0.1, -0.05) is 18.2 Å². The zero-order valence-electron chi connectivity index (χ0n) is 10.1. The second-order valence-electron chi connectivity index (χ2n) is 4.22. The molecule has 0 saturated carbocycles. The highest BCUT2D eigenvalue weighted by Gasteiger charge is 2.09. The molecule has 0 bridgehead atoms. The summed E-state index contributed by atoms with van der Waals surface area (Å²) >= 11 is 0. The summed E-state index contributed by atoms with van der Waals surface area (Å²) in [7, 11) is 0. The third kappa shape index (κ3) is 1.78. The molecule has 5 heteroatoms. The smallest absolute Gasteiger partial charge is 0.236 e. The molecule has 0 spiro atoms. The Kier molecular flexibility index (Phi) is 2.60. The Morgan fingerprint density at radius 2 is 2.11 bits per heavy atom. The van der Waals surface area contributed by atoms with Gasteiger partial charge in [0, 0.05) is 30.6 Å². The summed E-state index contributed by atoms with van der Waals surface area (Å²) in [5.74, 6) is 1.19. The van der Waals surface area contributed by atoms with Gasteiger partial charge in [0.2, 0.25) is 11.8 Å². The second-order valence-corrected chi connectivity index (χ2v) is 4.22. The lowest BCUT2D eigenvalue weighted by Gasteiger charge is -2.00. The lowest BCUT2D eigenvalue weighted by molar-refractivity contribution is 0.457. The Balaban J connectivity index is 2.06. The Morgan fingerprint density at radius 1 is 1.28 bits per heavy atom. The Morgan fingerprint density at radius 3 is 2.83 bits per heavy atom. The molecule has 3 rings (SSSR count). The van der Waals surface area contributed by atoms with Crippen LogP contribution in [0.5, 0.6) is 0 Å². The van der Waals surface area contributed by atoms with Crippen molar-refractivity contribution in [3.8, 4) is 0 Å². The summed E-state index contributed by atoms with van der Waals surface area (Å²) in [6, 6.07) is 8.17. The van der Waals surface area contributed by atoms with Gasteiger partial charge in [0.25, 0.3) is 0 Å². The largest absolute Gasteiger partial charge is 0.424 e. The van der Waals surface area contributed by atoms with Crippen molar-refractivity contribution in [1.82, 2.24) is 14.8 Å². The summed E-state index contributed by atoms with van der Waals surface area (Å²) in [6.07, 6.45) is 2.05. The number of aromatic nitrogens is 3. The number of hydrogen-bond acceptors (Lipinski definition) is 4. The van der Waals surface area contributed by atoms with Crippen molar-refractivity contribution in [3.63, 3.8) is 0 Å². The van der Waals surface area contributed by atoms with Crippen LogP contribution in [0.2, 0.25) is 0 Å². The van der Waals surface area contributed by atoms with Gasteiger partial charge in [-0.05, 0) is 11.6 Å². The van der Waals surface area contributed by atoms with Crippen molar-refractivity contribution < 1.29 is 4.42 Å². The maximum absolute atomic E-state index is 5.76. The molecular formula is C13H14N4O. The van der Waals surface area contributed by atoms with E-state index >= 15 is 0 Å². The van der Waals surface area contributed by atoms with E-state index in [1.807, 2.05) is 18.3 Å². The minimum Gasteiger partial charge on any atom is -0.424 e. The molecular weight excluding hydrogens is 228 g/mol. The number of nitrogens with two attached hydrogens (primary N) is 1. The lowest BCUT2D eigenvalue weighted by atomic mass is 10.2. The van der Waals surface area contributed by atoms with Crippen molar-refractivity contribution in [2.75, 3.05) is 0 Å². The van der Waals surface area contributed by atoms with E-state index in [9.17, 15) is 0 Å². The Hall–Kier alpha value is -2.14. The molecule has 0 aliphatic rings. The van der Waals surface area contributed by atoms with Crippen LogP contribution in [0.15, 0.2) is 34.9 Å². The number of aryl methyl sites for hydroxylation is 1. The van der Waals surface area contributed by atoms with Crippen LogP contribution in [0.1, 0.15) is 17.3 Å². The van der Waals surface area contributed by atoms with Gasteiger partial charge in [-0.25, -0.2) is 0 Å². The zero-order valence-corrected chi connectivity index (χ0v) is 10.1. The summed E-state index contributed by atoms with van der Waals surface area (Å²) in [4.78, 5) is 0. The quantitative estimate of drug-likeness (QED) is 0.760. The summed E-state index contributed by atoms with van der Waals surface area (Å²) in [5, 5.41) is 9.03. The summed E-state index contributed by atoms with van der Waals surface area (Å²) in [5.41, 5.74) is 8.02. The predicted molar refractivity (Wildman–Crippen MR) is 68.0 cm³/mol. The molecule has 0 atom stereocenters.